The van der Waals surface area contributed by atoms with E-state index in [1.165, 1.54) is 6.42 Å². The molecule has 1 N–H and O–H groups in total. The summed E-state index contributed by atoms with van der Waals surface area (Å²) in [6.45, 7) is 3.19. The van der Waals surface area contributed by atoms with E-state index in [-0.39, 0.29) is 0 Å². The summed E-state index contributed by atoms with van der Waals surface area (Å²) in [5.41, 5.74) is 0. The molecule has 1 aromatic rings. The molecule has 0 unspecified atom stereocenters. The van der Waals surface area contributed by atoms with Gasteiger partial charge in [-0.1, -0.05) is 25.1 Å². The van der Waals surface area contributed by atoms with Crippen LogP contribution in [-0.2, 0) is 0 Å². The largest absolute Gasteiger partial charge is 0.489 e. The van der Waals surface area contributed by atoms with E-state index in [4.69, 9.17) is 4.74 Å². The Bertz CT molecular complexity index is 273. The van der Waals surface area contributed by atoms with Crippen LogP contribution in [0.4, 0.5) is 0 Å². The van der Waals surface area contributed by atoms with Crippen LogP contribution in [0.25, 0.3) is 0 Å². The molecular formula is C12H17NO. The molecular weight excluding hydrogens is 174 g/mol. The normalized spacial score (nSPS) is 26.4. The van der Waals surface area contributed by atoms with Gasteiger partial charge in [-0.2, -0.15) is 0 Å². The average Bonchev–Trinajstić information content (AvgIpc) is 2.67. The zero-order chi connectivity index (χ0) is 9.80. The van der Waals surface area contributed by atoms with E-state index in [9.17, 15) is 0 Å². The van der Waals surface area contributed by atoms with Crippen LogP contribution in [-0.4, -0.2) is 18.7 Å². The molecule has 0 saturated carbocycles. The molecule has 0 bridgehead atoms. The third kappa shape index (κ3) is 2.26. The highest BCUT2D eigenvalue weighted by Crippen LogP contribution is 2.17. The first kappa shape index (κ1) is 9.53. The van der Waals surface area contributed by atoms with Crippen LogP contribution in [0.15, 0.2) is 30.3 Å². The maximum Gasteiger partial charge on any atom is 0.119 e. The monoisotopic (exact) mass is 191 g/mol. The first-order valence-electron chi connectivity index (χ1n) is 5.33. The molecule has 1 fully saturated rings. The molecule has 0 aromatic heterocycles. The number of benzene rings is 1. The van der Waals surface area contributed by atoms with Gasteiger partial charge < -0.3 is 10.1 Å². The summed E-state index contributed by atoms with van der Waals surface area (Å²) < 4.78 is 5.84. The molecule has 76 valence electrons. The molecule has 0 amide bonds. The molecule has 14 heavy (non-hydrogen) atoms. The summed E-state index contributed by atoms with van der Waals surface area (Å²) >= 11 is 0. The summed E-state index contributed by atoms with van der Waals surface area (Å²) in [6, 6.07) is 10.7. The third-order valence-corrected chi connectivity index (χ3v) is 2.72. The lowest BCUT2D eigenvalue weighted by Gasteiger charge is -2.12. The van der Waals surface area contributed by atoms with Gasteiger partial charge >= 0.3 is 0 Å². The Balaban J connectivity index is 1.88. The second kappa shape index (κ2) is 4.47. The second-order valence-electron chi connectivity index (χ2n) is 3.80. The van der Waals surface area contributed by atoms with Gasteiger partial charge in [0, 0.05) is 19.0 Å². The van der Waals surface area contributed by atoms with Crippen LogP contribution < -0.4 is 10.1 Å². The van der Waals surface area contributed by atoms with E-state index in [1.54, 1.807) is 0 Å². The van der Waals surface area contributed by atoms with E-state index in [0.29, 0.717) is 12.1 Å². The van der Waals surface area contributed by atoms with E-state index in [0.717, 1.165) is 18.7 Å². The Morgan fingerprint density at radius 3 is 2.79 bits per heavy atom. The first-order chi connectivity index (χ1) is 6.88. The van der Waals surface area contributed by atoms with Crippen molar-refractivity contribution < 1.29 is 4.74 Å². The number of hydrogen-bond donors (Lipinski definition) is 1. The van der Waals surface area contributed by atoms with E-state index >= 15 is 0 Å². The Kier molecular flexibility index (Phi) is 3.04. The number of ether oxygens (including phenoxy) is 1. The highest BCUT2D eigenvalue weighted by atomic mass is 16.5. The standard InChI is InChI=1S/C12H17NO/c1-2-10-8-12(9-13-10)14-11-6-4-3-5-7-11/h3-7,10,12-13H,2,8-9H2,1H3/t10-,12+/m1/s1. The second-order valence-corrected chi connectivity index (χ2v) is 3.80. The van der Waals surface area contributed by atoms with Gasteiger partial charge in [0.15, 0.2) is 0 Å². The Labute approximate surface area is 85.3 Å². The Morgan fingerprint density at radius 1 is 1.36 bits per heavy atom. The molecule has 2 heteroatoms. The van der Waals surface area contributed by atoms with Crippen molar-refractivity contribution in [2.75, 3.05) is 6.54 Å². The summed E-state index contributed by atoms with van der Waals surface area (Å²) in [6.07, 6.45) is 2.67. The maximum atomic E-state index is 5.84. The van der Waals surface area contributed by atoms with Crippen LogP contribution in [0.2, 0.25) is 0 Å². The molecule has 0 aliphatic carbocycles. The lowest BCUT2D eigenvalue weighted by Crippen LogP contribution is -2.21. The molecule has 1 aliphatic heterocycles. The predicted molar refractivity (Wildman–Crippen MR) is 57.6 cm³/mol. The topological polar surface area (TPSA) is 21.3 Å². The Hall–Kier alpha value is -1.02. The number of nitrogens with one attached hydrogen (secondary N) is 1. The van der Waals surface area contributed by atoms with Crippen molar-refractivity contribution in [1.29, 1.82) is 0 Å². The van der Waals surface area contributed by atoms with Crippen molar-refractivity contribution in [2.45, 2.75) is 31.9 Å². The summed E-state index contributed by atoms with van der Waals surface area (Å²) in [7, 11) is 0. The van der Waals surface area contributed by atoms with Crippen LogP contribution in [0.5, 0.6) is 5.75 Å². The van der Waals surface area contributed by atoms with Gasteiger partial charge in [0.05, 0.1) is 0 Å². The minimum absolute atomic E-state index is 0.349. The molecule has 1 aromatic carbocycles. The minimum atomic E-state index is 0.349. The maximum absolute atomic E-state index is 5.84. The highest BCUT2D eigenvalue weighted by molar-refractivity contribution is 5.21. The van der Waals surface area contributed by atoms with Gasteiger partial charge in [-0.05, 0) is 18.6 Å². The van der Waals surface area contributed by atoms with Crippen molar-refractivity contribution in [1.82, 2.24) is 5.32 Å². The number of para-hydroxylation sites is 1. The van der Waals surface area contributed by atoms with Gasteiger partial charge in [0.25, 0.3) is 0 Å². The van der Waals surface area contributed by atoms with Gasteiger partial charge in [0.2, 0.25) is 0 Å². The van der Waals surface area contributed by atoms with Crippen molar-refractivity contribution in [2.24, 2.45) is 0 Å². The highest BCUT2D eigenvalue weighted by Gasteiger charge is 2.23. The summed E-state index contributed by atoms with van der Waals surface area (Å²) in [5, 5.41) is 3.45. The fourth-order valence-corrected chi connectivity index (χ4v) is 1.87. The van der Waals surface area contributed by atoms with Gasteiger partial charge in [-0.3, -0.25) is 0 Å². The SMILES string of the molecule is CC[C@@H]1C[C@H](Oc2ccccc2)CN1. The van der Waals surface area contributed by atoms with Gasteiger partial charge in [0.1, 0.15) is 11.9 Å². The van der Waals surface area contributed by atoms with Crippen molar-refractivity contribution in [3.63, 3.8) is 0 Å². The quantitative estimate of drug-likeness (QED) is 0.791. The fraction of sp³-hybridized carbons (Fsp3) is 0.500. The van der Waals surface area contributed by atoms with E-state index in [2.05, 4.69) is 12.2 Å². The van der Waals surface area contributed by atoms with Crippen LogP contribution in [0.3, 0.4) is 0 Å². The molecule has 1 heterocycles. The van der Waals surface area contributed by atoms with Gasteiger partial charge in [-0.25, -0.2) is 0 Å². The van der Waals surface area contributed by atoms with E-state index in [1.807, 2.05) is 30.3 Å². The number of hydrogen-bond acceptors (Lipinski definition) is 2. The average molecular weight is 191 g/mol. The molecule has 0 radical (unpaired) electrons. The third-order valence-electron chi connectivity index (χ3n) is 2.72. The zero-order valence-electron chi connectivity index (χ0n) is 8.57. The minimum Gasteiger partial charge on any atom is -0.489 e. The molecule has 1 aliphatic rings. The lowest BCUT2D eigenvalue weighted by atomic mass is 10.1. The molecule has 1 saturated heterocycles. The summed E-state index contributed by atoms with van der Waals surface area (Å²) in [4.78, 5) is 0. The molecule has 2 rings (SSSR count). The van der Waals surface area contributed by atoms with Crippen molar-refractivity contribution >= 4 is 0 Å². The van der Waals surface area contributed by atoms with Gasteiger partial charge in [-0.15, -0.1) is 0 Å². The first-order valence-corrected chi connectivity index (χ1v) is 5.33. The fourth-order valence-electron chi connectivity index (χ4n) is 1.87. The molecule has 2 nitrogen and oxygen atoms in total. The summed E-state index contributed by atoms with van der Waals surface area (Å²) in [5.74, 6) is 0.982. The van der Waals surface area contributed by atoms with Crippen LogP contribution in [0.1, 0.15) is 19.8 Å². The van der Waals surface area contributed by atoms with E-state index < -0.39 is 0 Å². The lowest BCUT2D eigenvalue weighted by molar-refractivity contribution is 0.219. The van der Waals surface area contributed by atoms with Crippen LogP contribution in [0, 0.1) is 0 Å². The van der Waals surface area contributed by atoms with Crippen LogP contribution >= 0.6 is 0 Å². The van der Waals surface area contributed by atoms with Crippen molar-refractivity contribution in [3.05, 3.63) is 30.3 Å². The zero-order valence-corrected chi connectivity index (χ0v) is 8.57. The number of rotatable bonds is 3. The van der Waals surface area contributed by atoms with Crippen molar-refractivity contribution in [3.8, 4) is 5.75 Å². The molecule has 0 spiro atoms. The molecule has 2 atom stereocenters. The Morgan fingerprint density at radius 2 is 2.14 bits per heavy atom. The predicted octanol–water partition coefficient (Wildman–Crippen LogP) is 2.21. The smallest absolute Gasteiger partial charge is 0.119 e.